The molecule has 4 aromatic rings. The molecule has 1 saturated carbocycles. The smallest absolute Gasteiger partial charge is 0.292 e. The highest BCUT2D eigenvalue weighted by Gasteiger charge is 2.25. The molecular formula is C29H33FN8O3. The zero-order valence-corrected chi connectivity index (χ0v) is 23.3. The minimum atomic E-state index is -0.546. The van der Waals surface area contributed by atoms with Crippen LogP contribution in [0.25, 0.3) is 22.2 Å². The number of aromatic amines is 1. The third-order valence-corrected chi connectivity index (χ3v) is 7.14. The fraction of sp³-hybridized carbons (Fsp3) is 0.379. The maximum Gasteiger partial charge on any atom is 0.292 e. The van der Waals surface area contributed by atoms with Crippen LogP contribution in [-0.2, 0) is 16.8 Å². The van der Waals surface area contributed by atoms with Crippen molar-refractivity contribution >= 4 is 28.7 Å². The third-order valence-electron chi connectivity index (χ3n) is 7.14. The van der Waals surface area contributed by atoms with Crippen molar-refractivity contribution in [3.63, 3.8) is 0 Å². The Morgan fingerprint density at radius 1 is 1.17 bits per heavy atom. The fourth-order valence-corrected chi connectivity index (χ4v) is 4.86. The molecule has 3 heterocycles. The first kappa shape index (κ1) is 27.9. The highest BCUT2D eigenvalue weighted by atomic mass is 19.1. The SMILES string of the molecule is C=CC(=O)N[C@H]1CC[C@H](Nc2n[nH]c3nccc(-c4ccc(CNC(=O)c5noc(C(C)(C)C)n5)c(F)c4)c23)CC1. The molecule has 0 aliphatic heterocycles. The van der Waals surface area contributed by atoms with Crippen molar-refractivity contribution < 1.29 is 18.5 Å². The summed E-state index contributed by atoms with van der Waals surface area (Å²) < 4.78 is 20.4. The first-order chi connectivity index (χ1) is 19.6. The van der Waals surface area contributed by atoms with Gasteiger partial charge in [-0.05, 0) is 55.0 Å². The lowest BCUT2D eigenvalue weighted by atomic mass is 9.91. The van der Waals surface area contributed by atoms with Crippen LogP contribution >= 0.6 is 0 Å². The number of H-pyrrole nitrogens is 1. The number of carbonyl (C=O) groups excluding carboxylic acids is 2. The molecule has 3 aromatic heterocycles. The van der Waals surface area contributed by atoms with Gasteiger partial charge in [0.05, 0.1) is 5.39 Å². The van der Waals surface area contributed by atoms with Crippen molar-refractivity contribution in [3.8, 4) is 11.1 Å². The molecule has 214 valence electrons. The average Bonchev–Trinajstić information content (AvgIpc) is 3.61. The molecular weight excluding hydrogens is 527 g/mol. The summed E-state index contributed by atoms with van der Waals surface area (Å²) in [6.07, 6.45) is 6.36. The van der Waals surface area contributed by atoms with E-state index in [1.54, 1.807) is 18.3 Å². The molecule has 1 aromatic carbocycles. The lowest BCUT2D eigenvalue weighted by Crippen LogP contribution is -2.39. The van der Waals surface area contributed by atoms with Gasteiger partial charge in [0.1, 0.15) is 5.82 Å². The van der Waals surface area contributed by atoms with Crippen molar-refractivity contribution in [2.45, 2.75) is 70.5 Å². The molecule has 0 spiro atoms. The number of benzene rings is 1. The minimum absolute atomic E-state index is 0.0372. The van der Waals surface area contributed by atoms with Crippen molar-refractivity contribution in [3.05, 3.63) is 66.2 Å². The second-order valence-electron chi connectivity index (χ2n) is 11.2. The van der Waals surface area contributed by atoms with Crippen LogP contribution in [0, 0.1) is 5.82 Å². The molecule has 0 radical (unpaired) electrons. The number of fused-ring (bicyclic) bond motifs is 1. The maximum atomic E-state index is 15.2. The maximum absolute atomic E-state index is 15.2. The van der Waals surface area contributed by atoms with E-state index in [0.717, 1.165) is 36.6 Å². The van der Waals surface area contributed by atoms with E-state index in [0.29, 0.717) is 28.5 Å². The molecule has 0 saturated heterocycles. The van der Waals surface area contributed by atoms with Gasteiger partial charge in [0.15, 0.2) is 11.5 Å². The highest BCUT2D eigenvalue weighted by Crippen LogP contribution is 2.34. The Hall–Kier alpha value is -4.61. The number of aromatic nitrogens is 5. The first-order valence-electron chi connectivity index (χ1n) is 13.6. The van der Waals surface area contributed by atoms with Crippen LogP contribution in [0.1, 0.15) is 68.5 Å². The van der Waals surface area contributed by atoms with Gasteiger partial charge in [-0.2, -0.15) is 10.1 Å². The molecule has 0 atom stereocenters. The summed E-state index contributed by atoms with van der Waals surface area (Å²) in [6.45, 7) is 9.17. The van der Waals surface area contributed by atoms with Gasteiger partial charge in [-0.1, -0.05) is 44.6 Å². The van der Waals surface area contributed by atoms with Crippen LogP contribution in [0.2, 0.25) is 0 Å². The van der Waals surface area contributed by atoms with Gasteiger partial charge in [0.2, 0.25) is 11.8 Å². The van der Waals surface area contributed by atoms with Crippen LogP contribution in [-0.4, -0.2) is 49.2 Å². The number of nitrogens with zero attached hydrogens (tertiary/aromatic N) is 4. The van der Waals surface area contributed by atoms with E-state index in [9.17, 15) is 9.59 Å². The highest BCUT2D eigenvalue weighted by molar-refractivity contribution is 6.00. The van der Waals surface area contributed by atoms with E-state index < -0.39 is 11.7 Å². The summed E-state index contributed by atoms with van der Waals surface area (Å²) in [4.78, 5) is 32.6. The summed E-state index contributed by atoms with van der Waals surface area (Å²) in [7, 11) is 0. The van der Waals surface area contributed by atoms with E-state index in [1.807, 2.05) is 26.8 Å². The summed E-state index contributed by atoms with van der Waals surface area (Å²) in [5.74, 6) is -0.268. The summed E-state index contributed by atoms with van der Waals surface area (Å²) in [5.41, 5.74) is 1.94. The van der Waals surface area contributed by atoms with E-state index >= 15 is 4.39 Å². The molecule has 0 bridgehead atoms. The van der Waals surface area contributed by atoms with E-state index in [1.165, 1.54) is 12.1 Å². The zero-order valence-electron chi connectivity index (χ0n) is 23.3. The van der Waals surface area contributed by atoms with Gasteiger partial charge in [-0.3, -0.25) is 14.7 Å². The lowest BCUT2D eigenvalue weighted by Gasteiger charge is -2.29. The van der Waals surface area contributed by atoms with Crippen molar-refractivity contribution in [1.82, 2.24) is 36.0 Å². The molecule has 12 heteroatoms. The Kier molecular flexibility index (Phi) is 7.82. The van der Waals surface area contributed by atoms with E-state index in [2.05, 4.69) is 47.9 Å². The number of rotatable bonds is 8. The molecule has 0 unspecified atom stereocenters. The molecule has 5 rings (SSSR count). The number of hydrogen-bond donors (Lipinski definition) is 4. The van der Waals surface area contributed by atoms with Gasteiger partial charge in [0.25, 0.3) is 11.7 Å². The lowest BCUT2D eigenvalue weighted by molar-refractivity contribution is -0.117. The second kappa shape index (κ2) is 11.5. The average molecular weight is 561 g/mol. The van der Waals surface area contributed by atoms with Gasteiger partial charge < -0.3 is 20.5 Å². The van der Waals surface area contributed by atoms with Gasteiger partial charge in [-0.15, -0.1) is 0 Å². The largest absolute Gasteiger partial charge is 0.365 e. The van der Waals surface area contributed by atoms with Gasteiger partial charge in [0, 0.05) is 35.8 Å². The molecule has 4 N–H and O–H groups in total. The number of hydrogen-bond acceptors (Lipinski definition) is 8. The minimum Gasteiger partial charge on any atom is -0.365 e. The normalized spacial score (nSPS) is 17.3. The van der Waals surface area contributed by atoms with Crippen LogP contribution in [0.5, 0.6) is 0 Å². The Morgan fingerprint density at radius 3 is 2.61 bits per heavy atom. The molecule has 41 heavy (non-hydrogen) atoms. The van der Waals surface area contributed by atoms with Crippen LogP contribution in [0.3, 0.4) is 0 Å². The predicted octanol–water partition coefficient (Wildman–Crippen LogP) is 4.40. The number of anilines is 1. The monoisotopic (exact) mass is 560 g/mol. The van der Waals surface area contributed by atoms with Gasteiger partial charge in [-0.25, -0.2) is 9.37 Å². The van der Waals surface area contributed by atoms with Crippen LogP contribution < -0.4 is 16.0 Å². The van der Waals surface area contributed by atoms with Gasteiger partial charge >= 0.3 is 0 Å². The zero-order chi connectivity index (χ0) is 29.1. The van der Waals surface area contributed by atoms with Crippen molar-refractivity contribution in [1.29, 1.82) is 0 Å². The molecule has 11 nitrogen and oxygen atoms in total. The van der Waals surface area contributed by atoms with Crippen LogP contribution in [0.4, 0.5) is 10.2 Å². The second-order valence-corrected chi connectivity index (χ2v) is 11.2. The third kappa shape index (κ3) is 6.26. The van der Waals surface area contributed by atoms with E-state index in [-0.39, 0.29) is 35.8 Å². The van der Waals surface area contributed by atoms with E-state index in [4.69, 9.17) is 4.52 Å². The quantitative estimate of drug-likeness (QED) is 0.232. The number of amides is 2. The Bertz CT molecular complexity index is 1580. The van der Waals surface area contributed by atoms with Crippen LogP contribution in [0.15, 0.2) is 47.6 Å². The first-order valence-corrected chi connectivity index (χ1v) is 13.6. The summed E-state index contributed by atoms with van der Waals surface area (Å²) in [6, 6.07) is 7.01. The Balaban J connectivity index is 1.28. The number of nitrogens with one attached hydrogen (secondary N) is 4. The summed E-state index contributed by atoms with van der Waals surface area (Å²) in [5, 5.41) is 21.0. The molecule has 2 amide bonds. The Labute approximate surface area is 236 Å². The number of halogens is 1. The molecule has 1 fully saturated rings. The number of carbonyl (C=O) groups is 2. The predicted molar refractivity (Wildman–Crippen MR) is 151 cm³/mol. The molecule has 1 aliphatic carbocycles. The standard InChI is InChI=1S/C29H33FN8O3/c1-5-22(39)33-18-8-10-19(11-9-18)34-25-23-20(12-13-31-24(23)36-37-25)16-6-7-17(21(30)14-16)15-32-27(40)26-35-28(41-38-26)29(2,3)4/h5-7,12-14,18-19H,1,8-11,15H2,2-4H3,(H,32,40)(H,33,39)(H2,31,34,36,37)/t18-,19-. The fourth-order valence-electron chi connectivity index (χ4n) is 4.86. The topological polar surface area (TPSA) is 151 Å². The summed E-state index contributed by atoms with van der Waals surface area (Å²) >= 11 is 0. The Morgan fingerprint density at radius 2 is 1.93 bits per heavy atom. The molecule has 1 aliphatic rings. The number of pyridine rings is 1. The van der Waals surface area contributed by atoms with Crippen molar-refractivity contribution in [2.75, 3.05) is 5.32 Å². The van der Waals surface area contributed by atoms with Crippen molar-refractivity contribution in [2.24, 2.45) is 0 Å².